The quantitative estimate of drug-likeness (QED) is 0.861. The first-order chi connectivity index (χ1) is 7.31. The first-order valence-corrected chi connectivity index (χ1v) is 5.81. The molecule has 2 rings (SSSR count). The van der Waals surface area contributed by atoms with Crippen LogP contribution in [0, 0.1) is 0 Å². The molecule has 1 aromatic carbocycles. The molecule has 1 heterocycles. The molecule has 1 aromatic heterocycles. The maximum Gasteiger partial charge on any atom is 0.123 e. The number of hydrogen-bond acceptors (Lipinski definition) is 3. The highest BCUT2D eigenvalue weighted by molar-refractivity contribution is 7.13. The topological polar surface area (TPSA) is 33.1 Å². The number of aliphatic hydroxyl groups excluding tert-OH is 1. The van der Waals surface area contributed by atoms with Gasteiger partial charge in [0.2, 0.25) is 0 Å². The lowest BCUT2D eigenvalue weighted by molar-refractivity contribution is 0.271. The zero-order valence-electron chi connectivity index (χ0n) is 8.55. The van der Waals surface area contributed by atoms with Gasteiger partial charge in [-0.25, -0.2) is 4.98 Å². The molecule has 0 saturated carbocycles. The van der Waals surface area contributed by atoms with Crippen molar-refractivity contribution in [2.75, 3.05) is 6.61 Å². The fourth-order valence-electron chi connectivity index (χ4n) is 1.32. The van der Waals surface area contributed by atoms with Crippen LogP contribution in [0.25, 0.3) is 10.6 Å². The van der Waals surface area contributed by atoms with Crippen LogP contribution in [0.2, 0.25) is 0 Å². The summed E-state index contributed by atoms with van der Waals surface area (Å²) >= 11 is 1.62. The molecule has 0 spiro atoms. The minimum Gasteiger partial charge on any atom is -0.396 e. The molecular weight excluding hydrogens is 206 g/mol. The third-order valence-corrected chi connectivity index (χ3v) is 3.23. The summed E-state index contributed by atoms with van der Waals surface area (Å²) in [4.78, 5) is 4.51. The van der Waals surface area contributed by atoms with Gasteiger partial charge in [-0.15, -0.1) is 11.3 Å². The molecule has 0 saturated heterocycles. The van der Waals surface area contributed by atoms with E-state index in [0.29, 0.717) is 0 Å². The fourth-order valence-corrected chi connectivity index (χ4v) is 2.27. The predicted octanol–water partition coefficient (Wildman–Crippen LogP) is 2.91. The summed E-state index contributed by atoms with van der Waals surface area (Å²) in [5.74, 6) is 0.124. The van der Waals surface area contributed by atoms with Crippen LogP contribution in [-0.2, 0) is 0 Å². The largest absolute Gasteiger partial charge is 0.396 e. The monoisotopic (exact) mass is 219 g/mol. The molecule has 0 aliphatic rings. The Morgan fingerprint density at radius 1 is 1.33 bits per heavy atom. The molecule has 2 aromatic rings. The molecule has 3 heteroatoms. The van der Waals surface area contributed by atoms with E-state index in [1.807, 2.05) is 42.6 Å². The van der Waals surface area contributed by atoms with Crippen LogP contribution < -0.4 is 0 Å². The predicted molar refractivity (Wildman–Crippen MR) is 63.1 cm³/mol. The minimum absolute atomic E-state index is 0.124. The molecule has 0 fully saturated rings. The Hall–Kier alpha value is -1.19. The van der Waals surface area contributed by atoms with Crippen molar-refractivity contribution in [3.8, 4) is 10.6 Å². The van der Waals surface area contributed by atoms with Crippen LogP contribution in [0.15, 0.2) is 35.7 Å². The van der Waals surface area contributed by atoms with Crippen LogP contribution in [-0.4, -0.2) is 16.7 Å². The molecular formula is C12H13NOS. The normalized spacial score (nSPS) is 12.7. The van der Waals surface area contributed by atoms with Gasteiger partial charge in [0, 0.05) is 16.9 Å². The highest BCUT2D eigenvalue weighted by Crippen LogP contribution is 2.26. The molecule has 0 aliphatic carbocycles. The van der Waals surface area contributed by atoms with Gasteiger partial charge >= 0.3 is 0 Å². The Kier molecular flexibility index (Phi) is 3.14. The van der Waals surface area contributed by atoms with E-state index in [1.54, 1.807) is 11.3 Å². The number of benzene rings is 1. The number of thiazole rings is 1. The van der Waals surface area contributed by atoms with E-state index in [0.717, 1.165) is 16.3 Å². The molecule has 78 valence electrons. The fraction of sp³-hybridized carbons (Fsp3) is 0.250. The van der Waals surface area contributed by atoms with Gasteiger partial charge in [0.15, 0.2) is 0 Å². The van der Waals surface area contributed by atoms with E-state index >= 15 is 0 Å². The zero-order chi connectivity index (χ0) is 10.7. The summed E-state index contributed by atoms with van der Waals surface area (Å²) in [7, 11) is 0. The Morgan fingerprint density at radius 3 is 2.73 bits per heavy atom. The van der Waals surface area contributed by atoms with Gasteiger partial charge in [-0.3, -0.25) is 0 Å². The van der Waals surface area contributed by atoms with Crippen molar-refractivity contribution in [1.82, 2.24) is 4.98 Å². The lowest BCUT2D eigenvalue weighted by Crippen LogP contribution is -1.98. The van der Waals surface area contributed by atoms with E-state index in [-0.39, 0.29) is 12.5 Å². The highest BCUT2D eigenvalue weighted by Gasteiger charge is 2.09. The molecule has 0 aliphatic heterocycles. The van der Waals surface area contributed by atoms with Crippen molar-refractivity contribution in [1.29, 1.82) is 0 Å². The summed E-state index contributed by atoms with van der Waals surface area (Å²) in [5.41, 5.74) is 2.11. The van der Waals surface area contributed by atoms with Crippen molar-refractivity contribution < 1.29 is 5.11 Å². The average molecular weight is 219 g/mol. The van der Waals surface area contributed by atoms with Crippen molar-refractivity contribution in [3.63, 3.8) is 0 Å². The minimum atomic E-state index is 0.124. The second-order valence-electron chi connectivity index (χ2n) is 3.53. The second-order valence-corrected chi connectivity index (χ2v) is 4.39. The van der Waals surface area contributed by atoms with E-state index in [1.165, 1.54) is 0 Å². The van der Waals surface area contributed by atoms with Gasteiger partial charge in [0.1, 0.15) is 5.01 Å². The summed E-state index contributed by atoms with van der Waals surface area (Å²) < 4.78 is 0. The summed E-state index contributed by atoms with van der Waals surface area (Å²) in [6.45, 7) is 2.13. The van der Waals surface area contributed by atoms with Crippen molar-refractivity contribution in [3.05, 3.63) is 41.4 Å². The standard InChI is InChI=1S/C12H13NOS/c1-9(7-14)11-8-15-12(13-11)10-5-3-2-4-6-10/h2-6,8-9,14H,7H2,1H3/t9-/m0/s1. The van der Waals surface area contributed by atoms with E-state index in [4.69, 9.17) is 5.11 Å². The molecule has 0 unspecified atom stereocenters. The SMILES string of the molecule is C[C@@H](CO)c1csc(-c2ccccc2)n1. The van der Waals surface area contributed by atoms with E-state index in [2.05, 4.69) is 4.98 Å². The maximum absolute atomic E-state index is 9.03. The molecule has 0 amide bonds. The van der Waals surface area contributed by atoms with Crippen molar-refractivity contribution >= 4 is 11.3 Å². The number of rotatable bonds is 3. The molecule has 15 heavy (non-hydrogen) atoms. The Balaban J connectivity index is 2.28. The lowest BCUT2D eigenvalue weighted by atomic mass is 10.1. The van der Waals surface area contributed by atoms with E-state index in [9.17, 15) is 0 Å². The number of aromatic nitrogens is 1. The molecule has 0 radical (unpaired) electrons. The van der Waals surface area contributed by atoms with Gasteiger partial charge in [0.25, 0.3) is 0 Å². The van der Waals surface area contributed by atoms with Crippen molar-refractivity contribution in [2.24, 2.45) is 0 Å². The average Bonchev–Trinajstić information content (AvgIpc) is 2.78. The van der Waals surface area contributed by atoms with E-state index < -0.39 is 0 Å². The Labute approximate surface area is 93.2 Å². The van der Waals surface area contributed by atoms with Crippen LogP contribution in [0.4, 0.5) is 0 Å². The number of nitrogens with zero attached hydrogens (tertiary/aromatic N) is 1. The summed E-state index contributed by atoms with van der Waals surface area (Å²) in [6.07, 6.45) is 0. The zero-order valence-corrected chi connectivity index (χ0v) is 9.37. The summed E-state index contributed by atoms with van der Waals surface area (Å²) in [5, 5.41) is 12.1. The maximum atomic E-state index is 9.03. The summed E-state index contributed by atoms with van der Waals surface area (Å²) in [6, 6.07) is 10.1. The molecule has 1 atom stereocenters. The molecule has 0 bridgehead atoms. The van der Waals surface area contributed by atoms with Gasteiger partial charge in [-0.2, -0.15) is 0 Å². The molecule has 2 nitrogen and oxygen atoms in total. The van der Waals surface area contributed by atoms with Crippen LogP contribution >= 0.6 is 11.3 Å². The van der Waals surface area contributed by atoms with Gasteiger partial charge in [-0.1, -0.05) is 37.3 Å². The highest BCUT2D eigenvalue weighted by atomic mass is 32.1. The van der Waals surface area contributed by atoms with Crippen LogP contribution in [0.3, 0.4) is 0 Å². The van der Waals surface area contributed by atoms with Gasteiger partial charge < -0.3 is 5.11 Å². The van der Waals surface area contributed by atoms with Crippen LogP contribution in [0.5, 0.6) is 0 Å². The molecule has 1 N–H and O–H groups in total. The second kappa shape index (κ2) is 4.55. The van der Waals surface area contributed by atoms with Gasteiger partial charge in [-0.05, 0) is 0 Å². The third kappa shape index (κ3) is 2.25. The van der Waals surface area contributed by atoms with Crippen molar-refractivity contribution in [2.45, 2.75) is 12.8 Å². The Bertz CT molecular complexity index is 424. The third-order valence-electron chi connectivity index (χ3n) is 2.32. The van der Waals surface area contributed by atoms with Gasteiger partial charge in [0.05, 0.1) is 12.3 Å². The Morgan fingerprint density at radius 2 is 2.07 bits per heavy atom. The smallest absolute Gasteiger partial charge is 0.123 e. The first kappa shape index (κ1) is 10.3. The number of aliphatic hydroxyl groups is 1. The van der Waals surface area contributed by atoms with Crippen LogP contribution in [0.1, 0.15) is 18.5 Å². The first-order valence-electron chi connectivity index (χ1n) is 4.93. The number of hydrogen-bond donors (Lipinski definition) is 1. The lowest BCUT2D eigenvalue weighted by Gasteiger charge is -2.01.